The number of nitrogens with two attached hydrogens (primary N) is 1. The lowest BCUT2D eigenvalue weighted by Crippen LogP contribution is -2.25. The Labute approximate surface area is 136 Å². The van der Waals surface area contributed by atoms with Gasteiger partial charge in [-0.05, 0) is 11.6 Å². The van der Waals surface area contributed by atoms with Crippen LogP contribution in [-0.4, -0.2) is 32.6 Å². The smallest absolute Gasteiger partial charge is 0.285 e. The predicted molar refractivity (Wildman–Crippen MR) is 82.8 cm³/mol. The zero-order valence-corrected chi connectivity index (χ0v) is 13.0. The van der Waals surface area contributed by atoms with Crippen LogP contribution in [0.5, 0.6) is 0 Å². The van der Waals surface area contributed by atoms with Crippen LogP contribution in [-0.2, 0) is 27.3 Å². The van der Waals surface area contributed by atoms with Crippen LogP contribution in [0, 0.1) is 0 Å². The van der Waals surface area contributed by atoms with E-state index in [1.807, 2.05) is 6.07 Å². The molecule has 0 atom stereocenters. The minimum absolute atomic E-state index is 0.163. The zero-order chi connectivity index (χ0) is 17.0. The molecule has 2 rings (SSSR count). The topological polar surface area (TPSA) is 120 Å². The third-order valence-corrected chi connectivity index (χ3v) is 3.35. The third kappa shape index (κ3) is 4.13. The summed E-state index contributed by atoms with van der Waals surface area (Å²) >= 11 is 6.10. The highest BCUT2D eigenvalue weighted by Crippen LogP contribution is 2.20. The molecule has 1 aromatic heterocycles. The van der Waals surface area contributed by atoms with Gasteiger partial charge in [0.25, 0.3) is 5.91 Å². The maximum atomic E-state index is 11.5. The minimum Gasteiger partial charge on any atom is -0.363 e. The van der Waals surface area contributed by atoms with Crippen LogP contribution >= 0.6 is 11.6 Å². The van der Waals surface area contributed by atoms with Crippen molar-refractivity contribution in [2.24, 2.45) is 5.73 Å². The predicted octanol–water partition coefficient (Wildman–Crippen LogP) is 0.535. The van der Waals surface area contributed by atoms with Gasteiger partial charge in [-0.25, -0.2) is 4.68 Å². The Morgan fingerprint density at radius 2 is 2.00 bits per heavy atom. The summed E-state index contributed by atoms with van der Waals surface area (Å²) in [5.74, 6) is -2.02. The van der Waals surface area contributed by atoms with Gasteiger partial charge in [-0.1, -0.05) is 35.0 Å². The summed E-state index contributed by atoms with van der Waals surface area (Å²) in [6, 6.07) is 7.13. The summed E-state index contributed by atoms with van der Waals surface area (Å²) in [6.07, 6.45) is -0.340. The van der Waals surface area contributed by atoms with Crippen molar-refractivity contribution in [1.29, 1.82) is 0 Å². The van der Waals surface area contributed by atoms with Crippen LogP contribution in [0.3, 0.4) is 0 Å². The van der Waals surface area contributed by atoms with E-state index in [1.165, 1.54) is 11.6 Å². The van der Waals surface area contributed by atoms with E-state index in [1.54, 1.807) is 18.2 Å². The molecule has 0 saturated heterocycles. The number of amides is 2. The van der Waals surface area contributed by atoms with Crippen molar-refractivity contribution in [3.05, 3.63) is 40.5 Å². The number of halogens is 1. The number of carbonyl (C=O) groups excluding carboxylic acids is 3. The molecule has 1 heterocycles. The van der Waals surface area contributed by atoms with Gasteiger partial charge in [0.2, 0.25) is 11.7 Å². The molecule has 0 aliphatic rings. The first kappa shape index (κ1) is 16.6. The number of hydrogen-bond acceptors (Lipinski definition) is 5. The van der Waals surface area contributed by atoms with Crippen LogP contribution in [0.25, 0.3) is 0 Å². The molecule has 0 saturated carbocycles. The minimum atomic E-state index is -1.07. The van der Waals surface area contributed by atoms with Gasteiger partial charge < -0.3 is 11.1 Å². The molecule has 0 aliphatic carbocycles. The largest absolute Gasteiger partial charge is 0.363 e. The standard InChI is InChI=1S/C14H14ClN5O3/c1-8(21)17-14-11(6-12(22)13(16)23)18-19-20(14)7-9-4-2-3-5-10(9)15/h2-5H,6-7H2,1H3,(H2,16,23)(H,17,21). The van der Waals surface area contributed by atoms with E-state index in [9.17, 15) is 14.4 Å². The Hall–Kier alpha value is -2.74. The Bertz CT molecular complexity index is 772. The number of carbonyl (C=O) groups is 3. The maximum absolute atomic E-state index is 11.5. The third-order valence-electron chi connectivity index (χ3n) is 2.98. The number of benzene rings is 1. The van der Waals surface area contributed by atoms with E-state index in [0.717, 1.165) is 5.56 Å². The van der Waals surface area contributed by atoms with Crippen LogP contribution in [0.4, 0.5) is 5.82 Å². The van der Waals surface area contributed by atoms with Crippen LogP contribution in [0.2, 0.25) is 5.02 Å². The van der Waals surface area contributed by atoms with E-state index in [4.69, 9.17) is 17.3 Å². The zero-order valence-electron chi connectivity index (χ0n) is 12.2. The lowest BCUT2D eigenvalue weighted by atomic mass is 10.2. The average molecular weight is 336 g/mol. The molecule has 0 spiro atoms. The SMILES string of the molecule is CC(=O)Nc1c(CC(=O)C(N)=O)nnn1Cc1ccccc1Cl. The molecule has 23 heavy (non-hydrogen) atoms. The van der Waals surface area contributed by atoms with Gasteiger partial charge in [-0.3, -0.25) is 14.4 Å². The van der Waals surface area contributed by atoms with Crippen LogP contribution in [0.15, 0.2) is 24.3 Å². The highest BCUT2D eigenvalue weighted by atomic mass is 35.5. The van der Waals surface area contributed by atoms with Crippen molar-refractivity contribution in [1.82, 2.24) is 15.0 Å². The Balaban J connectivity index is 2.34. The fourth-order valence-corrected chi connectivity index (χ4v) is 2.10. The summed E-state index contributed by atoms with van der Waals surface area (Å²) in [7, 11) is 0. The number of rotatable bonds is 6. The molecule has 0 aliphatic heterocycles. The van der Waals surface area contributed by atoms with Gasteiger partial charge in [-0.15, -0.1) is 5.10 Å². The number of anilines is 1. The first-order valence-corrected chi connectivity index (χ1v) is 7.02. The van der Waals surface area contributed by atoms with Gasteiger partial charge in [-0.2, -0.15) is 0 Å². The first-order chi connectivity index (χ1) is 10.9. The molecule has 120 valence electrons. The highest BCUT2D eigenvalue weighted by Gasteiger charge is 2.20. The average Bonchev–Trinajstić information content (AvgIpc) is 2.83. The molecule has 0 unspecified atom stereocenters. The lowest BCUT2D eigenvalue weighted by molar-refractivity contribution is -0.135. The van der Waals surface area contributed by atoms with Crippen molar-refractivity contribution in [2.75, 3.05) is 5.32 Å². The van der Waals surface area contributed by atoms with Crippen molar-refractivity contribution in [3.63, 3.8) is 0 Å². The van der Waals surface area contributed by atoms with E-state index in [0.29, 0.717) is 5.02 Å². The second-order valence-electron chi connectivity index (χ2n) is 4.78. The summed E-state index contributed by atoms with van der Waals surface area (Å²) < 4.78 is 1.40. The number of nitrogens with zero attached hydrogens (tertiary/aromatic N) is 3. The Morgan fingerprint density at radius 1 is 1.30 bits per heavy atom. The number of ketones is 1. The van der Waals surface area contributed by atoms with E-state index < -0.39 is 11.7 Å². The fraction of sp³-hybridized carbons (Fsp3) is 0.214. The molecular weight excluding hydrogens is 322 g/mol. The molecule has 0 radical (unpaired) electrons. The van der Waals surface area contributed by atoms with E-state index in [-0.39, 0.29) is 30.4 Å². The number of Topliss-reactive ketones (excluding diaryl/α,β-unsaturated/α-hetero) is 1. The molecule has 8 nitrogen and oxygen atoms in total. The molecular formula is C14H14ClN5O3. The fourth-order valence-electron chi connectivity index (χ4n) is 1.91. The molecule has 2 amide bonds. The molecule has 0 fully saturated rings. The number of aromatic nitrogens is 3. The molecule has 1 aromatic carbocycles. The summed E-state index contributed by atoms with van der Waals surface area (Å²) in [5.41, 5.74) is 5.86. The number of hydrogen-bond donors (Lipinski definition) is 2. The molecule has 3 N–H and O–H groups in total. The Kier molecular flexibility index (Phi) is 5.07. The monoisotopic (exact) mass is 335 g/mol. The quantitative estimate of drug-likeness (QED) is 0.746. The van der Waals surface area contributed by atoms with Crippen molar-refractivity contribution in [3.8, 4) is 0 Å². The summed E-state index contributed by atoms with van der Waals surface area (Å²) in [6.45, 7) is 1.56. The van der Waals surface area contributed by atoms with Gasteiger partial charge in [0.1, 0.15) is 5.69 Å². The molecule has 0 bridgehead atoms. The first-order valence-electron chi connectivity index (χ1n) is 6.64. The van der Waals surface area contributed by atoms with E-state index >= 15 is 0 Å². The van der Waals surface area contributed by atoms with Crippen molar-refractivity contribution >= 4 is 35.0 Å². The van der Waals surface area contributed by atoms with Crippen LogP contribution < -0.4 is 11.1 Å². The van der Waals surface area contributed by atoms with Crippen molar-refractivity contribution < 1.29 is 14.4 Å². The van der Waals surface area contributed by atoms with Gasteiger partial charge >= 0.3 is 0 Å². The lowest BCUT2D eigenvalue weighted by Gasteiger charge is -2.09. The van der Waals surface area contributed by atoms with E-state index in [2.05, 4.69) is 15.6 Å². The molecule has 9 heteroatoms. The van der Waals surface area contributed by atoms with Gasteiger partial charge in [0, 0.05) is 11.9 Å². The van der Waals surface area contributed by atoms with Gasteiger partial charge in [0.05, 0.1) is 13.0 Å². The second kappa shape index (κ2) is 7.01. The second-order valence-corrected chi connectivity index (χ2v) is 5.19. The number of nitrogens with one attached hydrogen (secondary N) is 1. The summed E-state index contributed by atoms with van der Waals surface area (Å²) in [4.78, 5) is 33.8. The molecule has 2 aromatic rings. The highest BCUT2D eigenvalue weighted by molar-refractivity contribution is 6.36. The normalized spacial score (nSPS) is 10.3. The van der Waals surface area contributed by atoms with Gasteiger partial charge in [0.15, 0.2) is 5.82 Å². The Morgan fingerprint density at radius 3 is 2.61 bits per heavy atom. The maximum Gasteiger partial charge on any atom is 0.285 e. The number of primary amides is 1. The van der Waals surface area contributed by atoms with Crippen LogP contribution in [0.1, 0.15) is 18.2 Å². The van der Waals surface area contributed by atoms with Crippen molar-refractivity contribution in [2.45, 2.75) is 19.9 Å². The summed E-state index contributed by atoms with van der Waals surface area (Å²) in [5, 5.41) is 10.8.